The quantitative estimate of drug-likeness (QED) is 0.548. The maximum atomic E-state index is 15.4. The van der Waals surface area contributed by atoms with E-state index in [1.54, 1.807) is 4.57 Å². The molecule has 10 heteroatoms. The minimum atomic E-state index is -1.33. The molecule has 5 rings (SSSR count). The van der Waals surface area contributed by atoms with E-state index in [2.05, 4.69) is 5.16 Å². The second-order valence-electron chi connectivity index (χ2n) is 7.92. The second-order valence-corrected chi connectivity index (χ2v) is 9.09. The largest absolute Gasteiger partial charge is 0.492 e. The zero-order valence-electron chi connectivity index (χ0n) is 16.7. The lowest BCUT2D eigenvalue weighted by atomic mass is 10.0. The zero-order valence-corrected chi connectivity index (χ0v) is 17.5. The Morgan fingerprint density at radius 1 is 1.39 bits per heavy atom. The van der Waals surface area contributed by atoms with Crippen molar-refractivity contribution in [1.82, 2.24) is 4.57 Å². The molecule has 0 unspecified atom stereocenters. The fourth-order valence-corrected chi connectivity index (χ4v) is 5.47. The average Bonchev–Trinajstić information content (AvgIpc) is 3.51. The van der Waals surface area contributed by atoms with E-state index >= 15 is 4.39 Å². The third-order valence-electron chi connectivity index (χ3n) is 5.99. The lowest BCUT2D eigenvalue weighted by Gasteiger charge is -2.32. The number of hydrogen-bond acceptors (Lipinski definition) is 7. The molecule has 3 aliphatic rings. The molecule has 0 amide bonds. The second kappa shape index (κ2) is 7.30. The van der Waals surface area contributed by atoms with Crippen molar-refractivity contribution in [3.05, 3.63) is 44.3 Å². The SMILES string of the molecule is COc1c(N2CCC3=C(CC(=NO)S3)C2)c(F)cc2c(=O)c(C(=O)O)cn(C3CC3)c12. The summed E-state index contributed by atoms with van der Waals surface area (Å²) >= 11 is 1.46. The molecule has 0 saturated heterocycles. The number of thioether (sulfide) groups is 1. The van der Waals surface area contributed by atoms with Gasteiger partial charge in [0, 0.05) is 31.7 Å². The van der Waals surface area contributed by atoms with Gasteiger partial charge in [-0.25, -0.2) is 9.18 Å². The summed E-state index contributed by atoms with van der Waals surface area (Å²) < 4.78 is 22.8. The minimum Gasteiger partial charge on any atom is -0.492 e. The van der Waals surface area contributed by atoms with Crippen molar-refractivity contribution >= 4 is 39.4 Å². The molecule has 1 fully saturated rings. The number of hydrogen-bond donors (Lipinski definition) is 2. The topological polar surface area (TPSA) is 104 Å². The van der Waals surface area contributed by atoms with Crippen molar-refractivity contribution in [2.45, 2.75) is 31.7 Å². The van der Waals surface area contributed by atoms with Gasteiger partial charge < -0.3 is 24.5 Å². The highest BCUT2D eigenvalue weighted by molar-refractivity contribution is 8.17. The number of ether oxygens (including phenoxy) is 1. The summed E-state index contributed by atoms with van der Waals surface area (Å²) in [5.41, 5.74) is 0.668. The lowest BCUT2D eigenvalue weighted by molar-refractivity contribution is 0.0694. The number of aromatic nitrogens is 1. The zero-order chi connectivity index (χ0) is 21.9. The molecule has 0 spiro atoms. The monoisotopic (exact) mass is 445 g/mol. The number of rotatable bonds is 4. The van der Waals surface area contributed by atoms with Gasteiger partial charge in [-0.15, -0.1) is 0 Å². The summed E-state index contributed by atoms with van der Waals surface area (Å²) in [6.07, 6.45) is 4.27. The maximum Gasteiger partial charge on any atom is 0.341 e. The van der Waals surface area contributed by atoms with Gasteiger partial charge in [0.15, 0.2) is 11.6 Å². The number of benzene rings is 1. The number of oxime groups is 1. The molecule has 1 saturated carbocycles. The molecule has 1 aromatic carbocycles. The van der Waals surface area contributed by atoms with Crippen molar-refractivity contribution < 1.29 is 24.2 Å². The van der Waals surface area contributed by atoms with Crippen molar-refractivity contribution in [1.29, 1.82) is 0 Å². The van der Waals surface area contributed by atoms with Gasteiger partial charge in [0.05, 0.1) is 18.0 Å². The Labute approximate surface area is 180 Å². The molecule has 1 aromatic heterocycles. The lowest BCUT2D eigenvalue weighted by Crippen LogP contribution is -2.32. The van der Waals surface area contributed by atoms with Crippen LogP contribution in [-0.4, -0.2) is 46.1 Å². The Hall–Kier alpha value is -3.01. The van der Waals surface area contributed by atoms with Crippen molar-refractivity contribution in [3.8, 4) is 5.75 Å². The summed E-state index contributed by atoms with van der Waals surface area (Å²) in [6.45, 7) is 1.01. The van der Waals surface area contributed by atoms with Gasteiger partial charge in [-0.3, -0.25) is 4.79 Å². The minimum absolute atomic E-state index is 0.00735. The number of nitrogens with zero attached hydrogens (tertiary/aromatic N) is 3. The van der Waals surface area contributed by atoms with Crippen LogP contribution in [0.25, 0.3) is 10.9 Å². The fraction of sp³-hybridized carbons (Fsp3) is 0.381. The van der Waals surface area contributed by atoms with Crippen molar-refractivity contribution in [2.24, 2.45) is 5.16 Å². The molecule has 1 aliphatic carbocycles. The Kier molecular flexibility index (Phi) is 4.69. The molecule has 0 bridgehead atoms. The van der Waals surface area contributed by atoms with Crippen LogP contribution in [0, 0.1) is 5.82 Å². The number of fused-ring (bicyclic) bond motifs is 1. The highest BCUT2D eigenvalue weighted by atomic mass is 32.2. The van der Waals surface area contributed by atoms with Gasteiger partial charge in [-0.2, -0.15) is 0 Å². The third-order valence-corrected chi connectivity index (χ3v) is 7.19. The van der Waals surface area contributed by atoms with Crippen LogP contribution in [0.5, 0.6) is 5.75 Å². The number of pyridine rings is 1. The Morgan fingerprint density at radius 3 is 2.81 bits per heavy atom. The molecular formula is C21H20FN3O5S. The smallest absolute Gasteiger partial charge is 0.341 e. The Morgan fingerprint density at radius 2 is 2.16 bits per heavy atom. The van der Waals surface area contributed by atoms with Crippen LogP contribution in [-0.2, 0) is 0 Å². The molecule has 3 heterocycles. The predicted octanol–water partition coefficient (Wildman–Crippen LogP) is 3.57. The van der Waals surface area contributed by atoms with E-state index in [4.69, 9.17) is 9.94 Å². The van der Waals surface area contributed by atoms with E-state index in [9.17, 15) is 14.7 Å². The molecular weight excluding hydrogens is 425 g/mol. The molecule has 31 heavy (non-hydrogen) atoms. The normalized spacial score (nSPS) is 19.9. The first-order valence-electron chi connectivity index (χ1n) is 9.96. The summed E-state index contributed by atoms with van der Waals surface area (Å²) in [5, 5.41) is 22.5. The van der Waals surface area contributed by atoms with Crippen LogP contribution in [0.4, 0.5) is 10.1 Å². The van der Waals surface area contributed by atoms with Gasteiger partial charge in [0.1, 0.15) is 16.3 Å². The molecule has 2 aromatic rings. The Bertz CT molecular complexity index is 1250. The maximum absolute atomic E-state index is 15.4. The average molecular weight is 445 g/mol. The van der Waals surface area contributed by atoms with E-state index in [-0.39, 0.29) is 28.4 Å². The number of carboxylic acids is 1. The summed E-state index contributed by atoms with van der Waals surface area (Å²) in [4.78, 5) is 27.4. The molecule has 162 valence electrons. The van der Waals surface area contributed by atoms with E-state index in [0.717, 1.165) is 29.4 Å². The molecule has 0 atom stereocenters. The van der Waals surface area contributed by atoms with Crippen LogP contribution in [0.15, 0.2) is 32.7 Å². The summed E-state index contributed by atoms with van der Waals surface area (Å²) in [5.74, 6) is -1.72. The number of carboxylic acid groups (broad SMARTS) is 1. The molecule has 2 N–H and O–H groups in total. The van der Waals surface area contributed by atoms with Gasteiger partial charge >= 0.3 is 5.97 Å². The summed E-state index contributed by atoms with van der Waals surface area (Å²) in [6, 6.07) is 1.19. The van der Waals surface area contributed by atoms with Crippen LogP contribution in [0.2, 0.25) is 0 Å². The predicted molar refractivity (Wildman–Crippen MR) is 115 cm³/mol. The molecule has 8 nitrogen and oxygen atoms in total. The van der Waals surface area contributed by atoms with Crippen molar-refractivity contribution in [2.75, 3.05) is 25.1 Å². The van der Waals surface area contributed by atoms with Crippen LogP contribution >= 0.6 is 11.8 Å². The van der Waals surface area contributed by atoms with Gasteiger partial charge in [-0.1, -0.05) is 16.9 Å². The fourth-order valence-electron chi connectivity index (χ4n) is 4.42. The highest BCUT2D eigenvalue weighted by Gasteiger charge is 2.34. The first-order valence-corrected chi connectivity index (χ1v) is 10.8. The van der Waals surface area contributed by atoms with Crippen LogP contribution in [0.1, 0.15) is 42.1 Å². The van der Waals surface area contributed by atoms with Crippen molar-refractivity contribution in [3.63, 3.8) is 0 Å². The number of carbonyl (C=O) groups is 1. The van der Waals surface area contributed by atoms with E-state index < -0.39 is 17.2 Å². The van der Waals surface area contributed by atoms with Gasteiger partial charge in [0.25, 0.3) is 0 Å². The number of aromatic carboxylic acids is 1. The first-order chi connectivity index (χ1) is 14.9. The number of methoxy groups -OCH3 is 1. The first kappa shape index (κ1) is 19.9. The molecule has 0 radical (unpaired) electrons. The van der Waals surface area contributed by atoms with E-state index in [1.165, 1.54) is 25.1 Å². The molecule has 2 aliphatic heterocycles. The van der Waals surface area contributed by atoms with Crippen LogP contribution in [0.3, 0.4) is 0 Å². The highest BCUT2D eigenvalue weighted by Crippen LogP contribution is 2.46. The summed E-state index contributed by atoms with van der Waals surface area (Å²) in [7, 11) is 1.43. The van der Waals surface area contributed by atoms with Gasteiger partial charge in [-0.05, 0) is 35.8 Å². The third kappa shape index (κ3) is 3.16. The number of halogens is 1. The van der Waals surface area contributed by atoms with Crippen LogP contribution < -0.4 is 15.1 Å². The number of anilines is 1. The Balaban J connectivity index is 1.69. The standard InChI is InChI=1S/C21H20FN3O5S/c1-30-20-17-12(19(26)13(21(27)28)9-25(17)11-2-3-11)7-14(22)18(20)24-5-4-15-10(8-24)6-16(23-29)31-15/h7,9,11,29H,2-6,8H2,1H3,(H,27,28). The van der Waals surface area contributed by atoms with E-state index in [0.29, 0.717) is 36.5 Å². The van der Waals surface area contributed by atoms with E-state index in [1.807, 2.05) is 4.90 Å². The van der Waals surface area contributed by atoms with Gasteiger partial charge in [0.2, 0.25) is 5.43 Å².